The third-order valence-electron chi connectivity index (χ3n) is 0.722. The zero-order chi connectivity index (χ0) is 5.28. The van der Waals surface area contributed by atoms with Gasteiger partial charge < -0.3 is 19.7 Å². The monoisotopic (exact) mass is 106 g/mol. The minimum absolute atomic E-state index is 0.0255. The smallest absolute Gasteiger partial charge is 0.209 e. The fourth-order valence-electron chi connectivity index (χ4n) is 0.343. The zero-order valence-electron chi connectivity index (χ0n) is 3.57. The molecule has 1 heterocycles. The maximum Gasteiger partial charge on any atom is 0.209 e. The van der Waals surface area contributed by atoms with Gasteiger partial charge in [-0.2, -0.15) is 0 Å². The third-order valence-corrected chi connectivity index (χ3v) is 0.722. The van der Waals surface area contributed by atoms with E-state index >= 15 is 0 Å². The van der Waals surface area contributed by atoms with Gasteiger partial charge in [-0.25, -0.2) is 0 Å². The predicted molar refractivity (Wildman–Crippen MR) is 19.1 cm³/mol. The van der Waals surface area contributed by atoms with Gasteiger partial charge in [0, 0.05) is 0 Å². The fraction of sp³-hybridized carbons (Fsp3) is 1.00. The van der Waals surface area contributed by atoms with Gasteiger partial charge >= 0.3 is 0 Å². The van der Waals surface area contributed by atoms with E-state index in [0.717, 1.165) is 0 Å². The van der Waals surface area contributed by atoms with E-state index in [2.05, 4.69) is 9.47 Å². The van der Waals surface area contributed by atoms with Crippen LogP contribution >= 0.6 is 0 Å². The molecule has 2 atom stereocenters. The standard InChI is InChI=1S/C3H6O4/c4-2-3(5)7-1-6-2/h2-5H,1H2/t2-,3-/m0/s1. The van der Waals surface area contributed by atoms with E-state index in [-0.39, 0.29) is 6.79 Å². The van der Waals surface area contributed by atoms with Crippen molar-refractivity contribution in [2.75, 3.05) is 6.79 Å². The number of hydrogen-bond acceptors (Lipinski definition) is 4. The van der Waals surface area contributed by atoms with Crippen LogP contribution in [0.4, 0.5) is 0 Å². The Bertz CT molecular complexity index is 56.0. The molecule has 4 heteroatoms. The molecule has 1 rings (SSSR count). The Hall–Kier alpha value is -0.160. The molecule has 0 saturated carbocycles. The molecule has 42 valence electrons. The second kappa shape index (κ2) is 1.75. The molecule has 0 spiro atoms. The topological polar surface area (TPSA) is 58.9 Å². The molecule has 0 bridgehead atoms. The molecule has 0 amide bonds. The summed E-state index contributed by atoms with van der Waals surface area (Å²) in [6.45, 7) is -0.0255. The Morgan fingerprint density at radius 3 is 1.71 bits per heavy atom. The van der Waals surface area contributed by atoms with Gasteiger partial charge in [0.2, 0.25) is 12.6 Å². The highest BCUT2D eigenvalue weighted by Gasteiger charge is 2.23. The quantitative estimate of drug-likeness (QED) is 0.400. The molecule has 4 nitrogen and oxygen atoms in total. The molecule has 2 N–H and O–H groups in total. The van der Waals surface area contributed by atoms with Gasteiger partial charge in [-0.1, -0.05) is 0 Å². The maximum absolute atomic E-state index is 8.40. The lowest BCUT2D eigenvalue weighted by atomic mass is 10.6. The van der Waals surface area contributed by atoms with Crippen LogP contribution in [0.3, 0.4) is 0 Å². The summed E-state index contributed by atoms with van der Waals surface area (Å²) in [5.74, 6) is 0. The van der Waals surface area contributed by atoms with Crippen LogP contribution < -0.4 is 0 Å². The highest BCUT2D eigenvalue weighted by molar-refractivity contribution is 4.46. The lowest BCUT2D eigenvalue weighted by molar-refractivity contribution is -0.133. The van der Waals surface area contributed by atoms with Crippen LogP contribution in [-0.4, -0.2) is 29.6 Å². The Labute approximate surface area is 40.3 Å². The molecule has 0 unspecified atom stereocenters. The van der Waals surface area contributed by atoms with Gasteiger partial charge in [-0.15, -0.1) is 0 Å². The first-order chi connectivity index (χ1) is 3.30. The van der Waals surface area contributed by atoms with Crippen molar-refractivity contribution in [3.05, 3.63) is 0 Å². The minimum Gasteiger partial charge on any atom is -0.364 e. The first-order valence-electron chi connectivity index (χ1n) is 1.90. The normalized spacial score (nSPS) is 42.0. The third kappa shape index (κ3) is 0.889. The van der Waals surface area contributed by atoms with E-state index < -0.39 is 12.6 Å². The Morgan fingerprint density at radius 1 is 1.14 bits per heavy atom. The van der Waals surface area contributed by atoms with Gasteiger partial charge in [0.25, 0.3) is 0 Å². The van der Waals surface area contributed by atoms with Crippen LogP contribution in [-0.2, 0) is 9.47 Å². The number of hydrogen-bond donors (Lipinski definition) is 2. The molecule has 1 aliphatic heterocycles. The first-order valence-corrected chi connectivity index (χ1v) is 1.90. The summed E-state index contributed by atoms with van der Waals surface area (Å²) >= 11 is 0. The fourth-order valence-corrected chi connectivity index (χ4v) is 0.343. The van der Waals surface area contributed by atoms with Gasteiger partial charge in [0.05, 0.1) is 0 Å². The SMILES string of the molecule is O[C@H]1OCO[C@@H]1O. The lowest BCUT2D eigenvalue weighted by Crippen LogP contribution is -2.20. The average Bonchev–Trinajstić information content (AvgIpc) is 1.91. The molecular weight excluding hydrogens is 100 g/mol. The number of aliphatic hydroxyl groups is 2. The van der Waals surface area contributed by atoms with Gasteiger partial charge in [0.1, 0.15) is 0 Å². The number of ether oxygens (including phenoxy) is 2. The second-order valence-electron chi connectivity index (χ2n) is 1.23. The minimum atomic E-state index is -1.15. The van der Waals surface area contributed by atoms with Crippen LogP contribution in [0.25, 0.3) is 0 Å². The molecule has 0 radical (unpaired) electrons. The van der Waals surface area contributed by atoms with Gasteiger partial charge in [-0.05, 0) is 0 Å². The van der Waals surface area contributed by atoms with Crippen molar-refractivity contribution in [1.29, 1.82) is 0 Å². The summed E-state index contributed by atoms with van der Waals surface area (Å²) in [4.78, 5) is 0. The van der Waals surface area contributed by atoms with E-state index in [1.807, 2.05) is 0 Å². The Balaban J connectivity index is 2.33. The average molecular weight is 106 g/mol. The number of aliphatic hydroxyl groups excluding tert-OH is 2. The maximum atomic E-state index is 8.40. The molecule has 0 aromatic rings. The zero-order valence-corrected chi connectivity index (χ0v) is 3.57. The molecule has 0 aromatic heterocycles. The number of rotatable bonds is 0. The largest absolute Gasteiger partial charge is 0.364 e. The van der Waals surface area contributed by atoms with E-state index in [0.29, 0.717) is 0 Å². The van der Waals surface area contributed by atoms with Crippen molar-refractivity contribution in [3.8, 4) is 0 Å². The van der Waals surface area contributed by atoms with E-state index in [1.54, 1.807) is 0 Å². The Kier molecular flexibility index (Phi) is 1.25. The van der Waals surface area contributed by atoms with E-state index in [9.17, 15) is 0 Å². The summed E-state index contributed by atoms with van der Waals surface area (Å²) < 4.78 is 8.70. The van der Waals surface area contributed by atoms with Crippen molar-refractivity contribution >= 4 is 0 Å². The van der Waals surface area contributed by atoms with Crippen molar-refractivity contribution in [3.63, 3.8) is 0 Å². The van der Waals surface area contributed by atoms with Crippen molar-refractivity contribution in [1.82, 2.24) is 0 Å². The molecular formula is C3H6O4. The Morgan fingerprint density at radius 2 is 1.57 bits per heavy atom. The highest BCUT2D eigenvalue weighted by Crippen LogP contribution is 2.05. The molecule has 1 fully saturated rings. The van der Waals surface area contributed by atoms with Crippen LogP contribution in [0.1, 0.15) is 0 Å². The van der Waals surface area contributed by atoms with E-state index in [4.69, 9.17) is 10.2 Å². The molecule has 7 heavy (non-hydrogen) atoms. The van der Waals surface area contributed by atoms with Crippen LogP contribution in [0, 0.1) is 0 Å². The molecule has 1 saturated heterocycles. The van der Waals surface area contributed by atoms with Crippen LogP contribution in [0.5, 0.6) is 0 Å². The summed E-state index contributed by atoms with van der Waals surface area (Å²) in [6.07, 6.45) is -2.31. The predicted octanol–water partition coefficient (Wildman–Crippen LogP) is -1.37. The second-order valence-corrected chi connectivity index (χ2v) is 1.23. The van der Waals surface area contributed by atoms with Crippen LogP contribution in [0.15, 0.2) is 0 Å². The van der Waals surface area contributed by atoms with Gasteiger partial charge in [-0.3, -0.25) is 0 Å². The van der Waals surface area contributed by atoms with Crippen molar-refractivity contribution in [2.24, 2.45) is 0 Å². The highest BCUT2D eigenvalue weighted by atomic mass is 16.8. The molecule has 0 aromatic carbocycles. The van der Waals surface area contributed by atoms with Crippen molar-refractivity contribution in [2.45, 2.75) is 12.6 Å². The molecule has 0 aliphatic carbocycles. The summed E-state index contributed by atoms with van der Waals surface area (Å²) in [6, 6.07) is 0. The van der Waals surface area contributed by atoms with Crippen LogP contribution in [0.2, 0.25) is 0 Å². The van der Waals surface area contributed by atoms with Crippen molar-refractivity contribution < 1.29 is 19.7 Å². The lowest BCUT2D eigenvalue weighted by Gasteiger charge is -2.00. The summed E-state index contributed by atoms with van der Waals surface area (Å²) in [5, 5.41) is 16.8. The van der Waals surface area contributed by atoms with E-state index in [1.165, 1.54) is 0 Å². The van der Waals surface area contributed by atoms with Gasteiger partial charge in [0.15, 0.2) is 6.79 Å². The summed E-state index contributed by atoms with van der Waals surface area (Å²) in [5.41, 5.74) is 0. The summed E-state index contributed by atoms with van der Waals surface area (Å²) in [7, 11) is 0. The molecule has 1 aliphatic rings. The first kappa shape index (κ1) is 4.99.